The quantitative estimate of drug-likeness (QED) is 0.777. The summed E-state index contributed by atoms with van der Waals surface area (Å²) in [7, 11) is -3.12. The van der Waals surface area contributed by atoms with Crippen molar-refractivity contribution in [1.29, 1.82) is 0 Å². The summed E-state index contributed by atoms with van der Waals surface area (Å²) < 4.78 is 30.2. The Kier molecular flexibility index (Phi) is 5.29. The van der Waals surface area contributed by atoms with Crippen LogP contribution in [-0.2, 0) is 21.1 Å². The molecule has 2 aliphatic rings. The number of hydrogen-bond donors (Lipinski definition) is 1. The number of rotatable bonds is 5. The third-order valence-electron chi connectivity index (χ3n) is 5.69. The summed E-state index contributed by atoms with van der Waals surface area (Å²) in [5, 5.41) is 3.91. The zero-order valence-electron chi connectivity index (χ0n) is 16.1. The molecule has 0 bridgehead atoms. The molecule has 0 spiro atoms. The molecule has 0 aliphatic carbocycles. The first kappa shape index (κ1) is 19.2. The number of likely N-dealkylation sites (tertiary alicyclic amines) is 1. The Morgan fingerprint density at radius 3 is 2.75 bits per heavy atom. The number of benzene rings is 1. The van der Waals surface area contributed by atoms with Gasteiger partial charge in [-0.3, -0.25) is 9.69 Å². The monoisotopic (exact) mass is 402 g/mol. The van der Waals surface area contributed by atoms with E-state index in [0.29, 0.717) is 0 Å². The van der Waals surface area contributed by atoms with Gasteiger partial charge in [-0.1, -0.05) is 25.1 Å². The van der Waals surface area contributed by atoms with Gasteiger partial charge in [-0.25, -0.2) is 8.42 Å². The molecule has 28 heavy (non-hydrogen) atoms. The largest absolute Gasteiger partial charge is 0.460 e. The van der Waals surface area contributed by atoms with Gasteiger partial charge in [-0.2, -0.15) is 0 Å². The third kappa shape index (κ3) is 3.86. The number of hydrogen-bond acceptors (Lipinski definition) is 5. The van der Waals surface area contributed by atoms with E-state index in [1.54, 1.807) is 6.08 Å². The van der Waals surface area contributed by atoms with Crippen LogP contribution in [0.2, 0.25) is 0 Å². The minimum Gasteiger partial charge on any atom is -0.460 e. The van der Waals surface area contributed by atoms with E-state index in [0.717, 1.165) is 54.6 Å². The van der Waals surface area contributed by atoms with Crippen molar-refractivity contribution < 1.29 is 17.6 Å². The van der Waals surface area contributed by atoms with E-state index >= 15 is 0 Å². The molecule has 2 aromatic rings. The predicted octanol–water partition coefficient (Wildman–Crippen LogP) is 2.39. The summed E-state index contributed by atoms with van der Waals surface area (Å²) in [6.07, 6.45) is 6.17. The van der Waals surface area contributed by atoms with Crippen LogP contribution in [0.4, 0.5) is 0 Å². The highest BCUT2D eigenvalue weighted by atomic mass is 32.2. The van der Waals surface area contributed by atoms with Crippen LogP contribution in [0.25, 0.3) is 17.0 Å². The molecule has 2 atom stereocenters. The lowest BCUT2D eigenvalue weighted by Crippen LogP contribution is -2.49. The fourth-order valence-corrected chi connectivity index (χ4v) is 6.30. The van der Waals surface area contributed by atoms with E-state index in [4.69, 9.17) is 4.42 Å². The van der Waals surface area contributed by atoms with Crippen LogP contribution in [0.1, 0.15) is 31.1 Å². The Morgan fingerprint density at radius 2 is 2.00 bits per heavy atom. The van der Waals surface area contributed by atoms with E-state index in [2.05, 4.69) is 10.2 Å². The second-order valence-corrected chi connectivity index (χ2v) is 9.78. The first-order valence-electron chi connectivity index (χ1n) is 9.90. The number of nitrogens with one attached hydrogen (secondary N) is 1. The Labute approximate surface area is 165 Å². The molecule has 2 aliphatic heterocycles. The molecular weight excluding hydrogens is 376 g/mol. The van der Waals surface area contributed by atoms with E-state index in [1.807, 2.05) is 31.2 Å². The zero-order chi connectivity index (χ0) is 19.7. The van der Waals surface area contributed by atoms with Gasteiger partial charge in [0.25, 0.3) is 0 Å². The van der Waals surface area contributed by atoms with Crippen molar-refractivity contribution >= 4 is 32.8 Å². The molecule has 7 heteroatoms. The minimum atomic E-state index is -3.12. The maximum absolute atomic E-state index is 12.6. The Bertz CT molecular complexity index is 1000. The average molecular weight is 403 g/mol. The fraction of sp³-hybridized carbons (Fsp3) is 0.476. The molecule has 4 rings (SSSR count). The second kappa shape index (κ2) is 7.72. The van der Waals surface area contributed by atoms with Crippen molar-refractivity contribution in [1.82, 2.24) is 10.2 Å². The molecule has 2 unspecified atom stereocenters. The first-order valence-corrected chi connectivity index (χ1v) is 11.7. The lowest BCUT2D eigenvalue weighted by molar-refractivity contribution is -0.117. The molecule has 0 saturated carbocycles. The van der Waals surface area contributed by atoms with Crippen LogP contribution in [0.5, 0.6) is 0 Å². The summed E-state index contributed by atoms with van der Waals surface area (Å²) in [5.41, 5.74) is 1.71. The van der Waals surface area contributed by atoms with E-state index in [1.165, 1.54) is 6.08 Å². The zero-order valence-corrected chi connectivity index (χ0v) is 16.9. The molecule has 1 amide bonds. The lowest BCUT2D eigenvalue weighted by Gasteiger charge is -2.28. The smallest absolute Gasteiger partial charge is 0.244 e. The van der Waals surface area contributed by atoms with Gasteiger partial charge in [0.15, 0.2) is 9.84 Å². The number of fused-ring (bicyclic) bond motifs is 1. The molecular formula is C21H26N2O4S. The summed E-state index contributed by atoms with van der Waals surface area (Å²) in [5.74, 6) is 0.721. The summed E-state index contributed by atoms with van der Waals surface area (Å²) >= 11 is 0. The molecule has 3 heterocycles. The minimum absolute atomic E-state index is 0.0165. The lowest BCUT2D eigenvalue weighted by atomic mass is 10.1. The van der Waals surface area contributed by atoms with Gasteiger partial charge in [-0.15, -0.1) is 0 Å². The number of para-hydroxylation sites is 1. The summed E-state index contributed by atoms with van der Waals surface area (Å²) in [6.45, 7) is 3.83. The van der Waals surface area contributed by atoms with Crippen molar-refractivity contribution in [2.24, 2.45) is 0 Å². The molecule has 2 saturated heterocycles. The van der Waals surface area contributed by atoms with Crippen LogP contribution in [-0.4, -0.2) is 55.9 Å². The van der Waals surface area contributed by atoms with E-state index in [-0.39, 0.29) is 29.5 Å². The van der Waals surface area contributed by atoms with E-state index in [9.17, 15) is 13.2 Å². The topological polar surface area (TPSA) is 79.6 Å². The number of sulfone groups is 1. The molecule has 0 radical (unpaired) electrons. The van der Waals surface area contributed by atoms with Gasteiger partial charge in [-0.05, 0) is 38.1 Å². The molecule has 1 N–H and O–H groups in total. The fourth-order valence-electron chi connectivity index (χ4n) is 4.35. The number of carbonyl (C=O) groups excluding carboxylic acids is 1. The van der Waals surface area contributed by atoms with Gasteiger partial charge in [0, 0.05) is 29.5 Å². The maximum atomic E-state index is 12.6. The van der Waals surface area contributed by atoms with Crippen molar-refractivity contribution in [3.63, 3.8) is 0 Å². The van der Waals surface area contributed by atoms with Crippen molar-refractivity contribution in [2.45, 2.75) is 38.3 Å². The summed E-state index contributed by atoms with van der Waals surface area (Å²) in [6, 6.07) is 7.28. The third-order valence-corrected chi connectivity index (χ3v) is 7.41. The molecule has 2 fully saturated rings. The Balaban J connectivity index is 1.51. The maximum Gasteiger partial charge on any atom is 0.244 e. The van der Waals surface area contributed by atoms with Crippen molar-refractivity contribution in [2.75, 3.05) is 24.6 Å². The normalized spacial score (nSPS) is 25.0. The molecule has 6 nitrogen and oxygen atoms in total. The SMILES string of the molecule is CCc1oc2ccccc2c1/C=C/C(=O)NC1CS(=O)(=O)CC1N1CCCC1. The number of nitrogens with zero attached hydrogens (tertiary/aromatic N) is 1. The van der Waals surface area contributed by atoms with Gasteiger partial charge in [0.2, 0.25) is 5.91 Å². The van der Waals surface area contributed by atoms with Gasteiger partial charge >= 0.3 is 0 Å². The van der Waals surface area contributed by atoms with E-state index < -0.39 is 9.84 Å². The Hall–Kier alpha value is -2.12. The number of amides is 1. The standard InChI is InChI=1S/C21H26N2O4S/c1-2-19-16(15-7-3-4-8-20(15)27-19)9-10-21(24)22-17-13-28(25,26)14-18(17)23-11-5-6-12-23/h3-4,7-10,17-18H,2,5-6,11-14H2,1H3,(H,22,24)/b10-9+. The second-order valence-electron chi connectivity index (χ2n) is 7.62. The first-order chi connectivity index (χ1) is 13.5. The van der Waals surface area contributed by atoms with Crippen LogP contribution in [0.15, 0.2) is 34.8 Å². The predicted molar refractivity (Wildman–Crippen MR) is 110 cm³/mol. The van der Waals surface area contributed by atoms with Crippen LogP contribution < -0.4 is 5.32 Å². The van der Waals surface area contributed by atoms with Gasteiger partial charge in [0.1, 0.15) is 11.3 Å². The van der Waals surface area contributed by atoms with Crippen molar-refractivity contribution in [3.8, 4) is 0 Å². The number of carbonyl (C=O) groups is 1. The summed E-state index contributed by atoms with van der Waals surface area (Å²) in [4.78, 5) is 14.8. The van der Waals surface area contributed by atoms with Crippen LogP contribution in [0.3, 0.4) is 0 Å². The van der Waals surface area contributed by atoms with Gasteiger partial charge < -0.3 is 9.73 Å². The highest BCUT2D eigenvalue weighted by molar-refractivity contribution is 7.91. The molecule has 1 aromatic heterocycles. The molecule has 1 aromatic carbocycles. The number of aryl methyl sites for hydroxylation is 1. The average Bonchev–Trinajstić information content (AvgIpc) is 3.37. The van der Waals surface area contributed by atoms with Crippen molar-refractivity contribution in [3.05, 3.63) is 41.7 Å². The molecule has 150 valence electrons. The Morgan fingerprint density at radius 1 is 1.25 bits per heavy atom. The van der Waals surface area contributed by atoms with Crippen LogP contribution >= 0.6 is 0 Å². The van der Waals surface area contributed by atoms with Crippen LogP contribution in [0, 0.1) is 0 Å². The number of furan rings is 1. The highest BCUT2D eigenvalue weighted by Crippen LogP contribution is 2.27. The van der Waals surface area contributed by atoms with Gasteiger partial charge in [0.05, 0.1) is 17.5 Å². The highest BCUT2D eigenvalue weighted by Gasteiger charge is 2.42.